The summed E-state index contributed by atoms with van der Waals surface area (Å²) in [6.45, 7) is 1.67. The van der Waals surface area contributed by atoms with Crippen molar-refractivity contribution in [3.05, 3.63) is 43.7 Å². The van der Waals surface area contributed by atoms with Gasteiger partial charge in [0.25, 0.3) is 11.6 Å². The van der Waals surface area contributed by atoms with Crippen LogP contribution in [0.3, 0.4) is 0 Å². The molecule has 0 amide bonds. The third-order valence-electron chi connectivity index (χ3n) is 2.50. The smallest absolute Gasteiger partial charge is 0.288 e. The van der Waals surface area contributed by atoms with Gasteiger partial charge in [0.2, 0.25) is 0 Å². The van der Waals surface area contributed by atoms with E-state index in [1.54, 1.807) is 6.92 Å². The van der Waals surface area contributed by atoms with Crippen molar-refractivity contribution in [2.45, 2.75) is 6.92 Å². The second-order valence-electron chi connectivity index (χ2n) is 3.89. The number of rotatable bonds is 4. The Morgan fingerprint density at radius 3 is 2.71 bits per heavy atom. The Balaban J connectivity index is 2.23. The molecule has 0 saturated carbocycles. The third kappa shape index (κ3) is 3.20. The summed E-state index contributed by atoms with van der Waals surface area (Å²) in [7, 11) is 0. The lowest BCUT2D eigenvalue weighted by molar-refractivity contribution is -0.384. The molecule has 2 aromatic rings. The van der Waals surface area contributed by atoms with E-state index in [0.29, 0.717) is 11.4 Å². The average Bonchev–Trinajstić information content (AvgIpc) is 2.72. The van der Waals surface area contributed by atoms with Crippen molar-refractivity contribution < 1.29 is 4.92 Å². The lowest BCUT2D eigenvalue weighted by atomic mass is 10.2. The number of nitro benzene ring substituents is 1. The molecule has 9 nitrogen and oxygen atoms in total. The van der Waals surface area contributed by atoms with E-state index in [1.807, 2.05) is 0 Å². The number of nitrogens with one attached hydrogen (secondary N) is 1. The largest absolute Gasteiger partial charge is 0.335 e. The molecule has 3 N–H and O–H groups in total. The van der Waals surface area contributed by atoms with Gasteiger partial charge in [0, 0.05) is 11.6 Å². The van der Waals surface area contributed by atoms with Gasteiger partial charge in [-0.15, -0.1) is 10.2 Å². The van der Waals surface area contributed by atoms with E-state index in [0.717, 1.165) is 0 Å². The molecule has 0 atom stereocenters. The van der Waals surface area contributed by atoms with E-state index in [9.17, 15) is 10.1 Å². The van der Waals surface area contributed by atoms with Gasteiger partial charge in [-0.2, -0.15) is 5.10 Å². The Morgan fingerprint density at radius 2 is 2.14 bits per heavy atom. The molecule has 110 valence electrons. The van der Waals surface area contributed by atoms with Crippen molar-refractivity contribution in [2.75, 3.05) is 11.3 Å². The molecule has 0 unspecified atom stereocenters. The van der Waals surface area contributed by atoms with Crippen molar-refractivity contribution in [1.82, 2.24) is 14.9 Å². The van der Waals surface area contributed by atoms with Gasteiger partial charge in [-0.05, 0) is 13.0 Å². The average molecular weight is 330 g/mol. The molecule has 2 rings (SSSR count). The van der Waals surface area contributed by atoms with E-state index in [4.69, 9.17) is 29.0 Å². The zero-order valence-electron chi connectivity index (χ0n) is 10.6. The number of aryl methyl sites for hydroxylation is 1. The normalized spacial score (nSPS) is 11.0. The number of anilines is 1. The lowest BCUT2D eigenvalue weighted by Gasteiger charge is -2.02. The zero-order valence-corrected chi connectivity index (χ0v) is 12.1. The van der Waals surface area contributed by atoms with Gasteiger partial charge in [-0.1, -0.05) is 23.2 Å². The SMILES string of the molecule is Cc1nnc(N/N=C\c2cc([N+](=O)[O-])c(Cl)cc2Cl)n1N. The van der Waals surface area contributed by atoms with Crippen molar-refractivity contribution in [1.29, 1.82) is 0 Å². The number of hydrogen-bond donors (Lipinski definition) is 2. The van der Waals surface area contributed by atoms with Crippen LogP contribution in [-0.2, 0) is 0 Å². The van der Waals surface area contributed by atoms with E-state index in [2.05, 4.69) is 20.7 Å². The number of hydrogen-bond acceptors (Lipinski definition) is 7. The molecule has 1 heterocycles. The van der Waals surface area contributed by atoms with Crippen molar-refractivity contribution >= 4 is 41.1 Å². The van der Waals surface area contributed by atoms with Crippen molar-refractivity contribution in [2.24, 2.45) is 5.10 Å². The van der Waals surface area contributed by atoms with Crippen LogP contribution < -0.4 is 11.3 Å². The van der Waals surface area contributed by atoms with Crippen LogP contribution >= 0.6 is 23.2 Å². The van der Waals surface area contributed by atoms with Crippen LogP contribution in [0.15, 0.2) is 17.2 Å². The molecule has 0 radical (unpaired) electrons. The number of nitrogens with two attached hydrogens (primary N) is 1. The molecular weight excluding hydrogens is 321 g/mol. The first-order valence-electron chi connectivity index (χ1n) is 5.49. The minimum atomic E-state index is -0.608. The Kier molecular flexibility index (Phi) is 4.24. The summed E-state index contributed by atoms with van der Waals surface area (Å²) >= 11 is 11.7. The first-order chi connectivity index (χ1) is 9.90. The second-order valence-corrected chi connectivity index (χ2v) is 4.71. The number of aromatic nitrogens is 3. The van der Waals surface area contributed by atoms with Crippen molar-refractivity contribution in [3.63, 3.8) is 0 Å². The first kappa shape index (κ1) is 15.0. The van der Waals surface area contributed by atoms with Gasteiger partial charge in [0.1, 0.15) is 5.02 Å². The number of nitrogens with zero attached hydrogens (tertiary/aromatic N) is 5. The Labute approximate surface area is 128 Å². The van der Waals surface area contributed by atoms with Crippen LogP contribution in [0.1, 0.15) is 11.4 Å². The van der Waals surface area contributed by atoms with Gasteiger partial charge in [0.15, 0.2) is 5.82 Å². The molecule has 1 aromatic heterocycles. The number of benzene rings is 1. The zero-order chi connectivity index (χ0) is 15.6. The summed E-state index contributed by atoms with van der Waals surface area (Å²) in [4.78, 5) is 10.2. The van der Waals surface area contributed by atoms with Crippen LogP contribution in [-0.4, -0.2) is 26.0 Å². The summed E-state index contributed by atoms with van der Waals surface area (Å²) in [6, 6.07) is 2.49. The molecule has 0 spiro atoms. The molecule has 21 heavy (non-hydrogen) atoms. The summed E-state index contributed by atoms with van der Waals surface area (Å²) < 4.78 is 1.20. The van der Waals surface area contributed by atoms with Crippen LogP contribution in [0.4, 0.5) is 11.6 Å². The molecule has 1 aromatic carbocycles. The molecule has 0 aliphatic heterocycles. The minimum Gasteiger partial charge on any atom is -0.335 e. The summed E-state index contributed by atoms with van der Waals surface area (Å²) in [5.41, 5.74) is 2.60. The van der Waals surface area contributed by atoms with E-state index < -0.39 is 4.92 Å². The van der Waals surface area contributed by atoms with E-state index >= 15 is 0 Å². The third-order valence-corrected chi connectivity index (χ3v) is 3.13. The second kappa shape index (κ2) is 5.94. The Hall–Kier alpha value is -2.39. The van der Waals surface area contributed by atoms with Crippen LogP contribution in [0.5, 0.6) is 0 Å². The fourth-order valence-corrected chi connectivity index (χ4v) is 1.90. The monoisotopic (exact) mass is 329 g/mol. The predicted molar refractivity (Wildman–Crippen MR) is 79.2 cm³/mol. The fraction of sp³-hybridized carbons (Fsp3) is 0.100. The van der Waals surface area contributed by atoms with Gasteiger partial charge in [-0.3, -0.25) is 10.1 Å². The highest BCUT2D eigenvalue weighted by Gasteiger charge is 2.15. The van der Waals surface area contributed by atoms with E-state index in [-0.39, 0.29) is 21.7 Å². The lowest BCUT2D eigenvalue weighted by Crippen LogP contribution is -2.13. The van der Waals surface area contributed by atoms with E-state index in [1.165, 1.54) is 23.0 Å². The number of halogens is 2. The molecule has 0 fully saturated rings. The summed E-state index contributed by atoms with van der Waals surface area (Å²) in [6.07, 6.45) is 1.29. The van der Waals surface area contributed by atoms with Gasteiger partial charge >= 0.3 is 0 Å². The van der Waals surface area contributed by atoms with Gasteiger partial charge < -0.3 is 5.84 Å². The van der Waals surface area contributed by atoms with Crippen LogP contribution in [0, 0.1) is 17.0 Å². The first-order valence-corrected chi connectivity index (χ1v) is 6.25. The summed E-state index contributed by atoms with van der Waals surface area (Å²) in [5.74, 6) is 6.32. The quantitative estimate of drug-likeness (QED) is 0.382. The van der Waals surface area contributed by atoms with Gasteiger partial charge in [0.05, 0.1) is 16.2 Å². The summed E-state index contributed by atoms with van der Waals surface area (Å²) in [5, 5.41) is 22.3. The van der Waals surface area contributed by atoms with Crippen LogP contribution in [0.25, 0.3) is 0 Å². The number of hydrazone groups is 1. The standard InChI is InChI=1S/C10H9Cl2N7O2/c1-5-15-17-10(18(5)13)16-14-4-6-2-9(19(20)21)8(12)3-7(6)11/h2-4H,13H2,1H3,(H,16,17)/b14-4-. The molecule has 0 bridgehead atoms. The number of nitro groups is 1. The predicted octanol–water partition coefficient (Wildman–Crippen LogP) is 1.96. The van der Waals surface area contributed by atoms with Gasteiger partial charge in [-0.25, -0.2) is 10.1 Å². The maximum atomic E-state index is 10.8. The highest BCUT2D eigenvalue weighted by Crippen LogP contribution is 2.29. The Morgan fingerprint density at radius 1 is 1.43 bits per heavy atom. The fourth-order valence-electron chi connectivity index (χ4n) is 1.40. The molecule has 0 saturated heterocycles. The van der Waals surface area contributed by atoms with Crippen molar-refractivity contribution in [3.8, 4) is 0 Å². The minimum absolute atomic E-state index is 0.0487. The molecule has 11 heteroatoms. The molecule has 0 aliphatic rings. The maximum Gasteiger partial charge on any atom is 0.288 e. The number of nitrogen functional groups attached to an aromatic ring is 1. The maximum absolute atomic E-state index is 10.8. The molecule has 0 aliphatic carbocycles. The van der Waals surface area contributed by atoms with Crippen LogP contribution in [0.2, 0.25) is 10.0 Å². The highest BCUT2D eigenvalue weighted by molar-refractivity contribution is 6.37. The topological polar surface area (TPSA) is 124 Å². The molecular formula is C10H9Cl2N7O2. The Bertz CT molecular complexity index is 728. The highest BCUT2D eigenvalue weighted by atomic mass is 35.5.